The molecule has 7 heteroatoms. The Morgan fingerprint density at radius 1 is 1.44 bits per heavy atom. The van der Waals surface area contributed by atoms with Gasteiger partial charge in [0.1, 0.15) is 0 Å². The van der Waals surface area contributed by atoms with Crippen molar-refractivity contribution in [3.63, 3.8) is 0 Å². The molecule has 0 radical (unpaired) electrons. The van der Waals surface area contributed by atoms with Gasteiger partial charge < -0.3 is 15.0 Å². The lowest BCUT2D eigenvalue weighted by molar-refractivity contribution is -0.118. The number of ether oxygens (including phenoxy) is 1. The van der Waals surface area contributed by atoms with E-state index in [1.807, 2.05) is 28.9 Å². The lowest BCUT2D eigenvalue weighted by Gasteiger charge is -2.27. The molecule has 0 bridgehead atoms. The smallest absolute Gasteiger partial charge is 0.262 e. The number of amides is 2. The van der Waals surface area contributed by atoms with Crippen LogP contribution in [0.5, 0.6) is 5.75 Å². The van der Waals surface area contributed by atoms with E-state index in [0.29, 0.717) is 23.5 Å². The van der Waals surface area contributed by atoms with Crippen LogP contribution in [0.3, 0.4) is 0 Å². The Morgan fingerprint density at radius 2 is 2.32 bits per heavy atom. The molecule has 3 heterocycles. The highest BCUT2D eigenvalue weighted by atomic mass is 16.5. The van der Waals surface area contributed by atoms with E-state index in [1.165, 1.54) is 0 Å². The van der Waals surface area contributed by atoms with E-state index >= 15 is 0 Å². The number of hydrogen-bond acceptors (Lipinski definition) is 4. The van der Waals surface area contributed by atoms with Crippen LogP contribution in [0.1, 0.15) is 28.8 Å². The van der Waals surface area contributed by atoms with E-state index in [-0.39, 0.29) is 24.5 Å². The molecule has 0 aliphatic carbocycles. The first kappa shape index (κ1) is 15.7. The van der Waals surface area contributed by atoms with E-state index in [0.717, 1.165) is 24.9 Å². The third-order valence-electron chi connectivity index (χ3n) is 4.67. The number of aromatic nitrogens is 2. The molecule has 1 aromatic carbocycles. The normalized spacial score (nSPS) is 19.3. The summed E-state index contributed by atoms with van der Waals surface area (Å²) in [5.41, 5.74) is 2.17. The third kappa shape index (κ3) is 2.97. The van der Waals surface area contributed by atoms with E-state index in [4.69, 9.17) is 4.74 Å². The van der Waals surface area contributed by atoms with Gasteiger partial charge >= 0.3 is 0 Å². The van der Waals surface area contributed by atoms with Crippen LogP contribution in [0.4, 0.5) is 5.69 Å². The minimum atomic E-state index is -0.204. The maximum Gasteiger partial charge on any atom is 0.262 e. The summed E-state index contributed by atoms with van der Waals surface area (Å²) in [5, 5.41) is 7.08. The van der Waals surface area contributed by atoms with Gasteiger partial charge in [0, 0.05) is 12.7 Å². The molecule has 2 aliphatic heterocycles. The van der Waals surface area contributed by atoms with Crippen molar-refractivity contribution in [1.82, 2.24) is 14.7 Å². The minimum absolute atomic E-state index is 0.0561. The number of rotatable bonds is 3. The van der Waals surface area contributed by atoms with Crippen LogP contribution in [-0.2, 0) is 11.3 Å². The van der Waals surface area contributed by atoms with E-state index < -0.39 is 0 Å². The molecule has 1 fully saturated rings. The zero-order valence-corrected chi connectivity index (χ0v) is 14.1. The van der Waals surface area contributed by atoms with E-state index in [2.05, 4.69) is 10.4 Å². The molecule has 0 saturated carbocycles. The molecule has 25 heavy (non-hydrogen) atoms. The lowest BCUT2D eigenvalue weighted by atomic mass is 10.1. The Bertz CT molecular complexity index is 829. The molecule has 1 unspecified atom stereocenters. The number of anilines is 1. The molecule has 1 saturated heterocycles. The molecule has 130 valence electrons. The summed E-state index contributed by atoms with van der Waals surface area (Å²) >= 11 is 0. The van der Waals surface area contributed by atoms with Gasteiger partial charge in [-0.05, 0) is 37.5 Å². The first-order chi connectivity index (χ1) is 12.1. The minimum Gasteiger partial charge on any atom is -0.481 e. The largest absolute Gasteiger partial charge is 0.481 e. The van der Waals surface area contributed by atoms with Crippen LogP contribution in [0.25, 0.3) is 0 Å². The van der Waals surface area contributed by atoms with Crippen molar-refractivity contribution >= 4 is 17.5 Å². The number of carbonyl (C=O) groups excluding carboxylic acids is 2. The Morgan fingerprint density at radius 3 is 3.12 bits per heavy atom. The second kappa shape index (κ2) is 6.23. The summed E-state index contributed by atoms with van der Waals surface area (Å²) in [6.45, 7) is 3.35. The lowest BCUT2D eigenvalue weighted by Crippen LogP contribution is -2.39. The molecular formula is C18H20N4O3. The monoisotopic (exact) mass is 340 g/mol. The van der Waals surface area contributed by atoms with Gasteiger partial charge in [-0.3, -0.25) is 14.3 Å². The average Bonchev–Trinajstić information content (AvgIpc) is 3.22. The SMILES string of the molecule is Cc1cnn(CC2CCCN2C(=O)c2cccc3c2OCC(=O)N3)c1. The summed E-state index contributed by atoms with van der Waals surface area (Å²) in [6.07, 6.45) is 5.75. The highest BCUT2D eigenvalue weighted by Gasteiger charge is 2.32. The fourth-order valence-electron chi connectivity index (χ4n) is 3.51. The fraction of sp³-hybridized carbons (Fsp3) is 0.389. The highest BCUT2D eigenvalue weighted by Crippen LogP contribution is 2.33. The highest BCUT2D eigenvalue weighted by molar-refractivity contribution is 6.03. The van der Waals surface area contributed by atoms with Crippen molar-refractivity contribution in [1.29, 1.82) is 0 Å². The van der Waals surface area contributed by atoms with Gasteiger partial charge in [0.05, 0.1) is 30.0 Å². The van der Waals surface area contributed by atoms with Crippen molar-refractivity contribution in [3.8, 4) is 5.75 Å². The third-order valence-corrected chi connectivity index (χ3v) is 4.67. The van der Waals surface area contributed by atoms with Gasteiger partial charge in [0.25, 0.3) is 11.8 Å². The number of likely N-dealkylation sites (tertiary alicyclic amines) is 1. The van der Waals surface area contributed by atoms with Crippen LogP contribution in [0.2, 0.25) is 0 Å². The van der Waals surface area contributed by atoms with Crippen molar-refractivity contribution in [2.75, 3.05) is 18.5 Å². The van der Waals surface area contributed by atoms with Crippen LogP contribution < -0.4 is 10.1 Å². The van der Waals surface area contributed by atoms with Crippen LogP contribution in [-0.4, -0.2) is 45.7 Å². The standard InChI is InChI=1S/C18H20N4O3/c1-12-8-19-21(9-12)10-13-4-3-7-22(13)18(24)14-5-2-6-15-17(14)25-11-16(23)20-15/h2,5-6,8-9,13H,3-4,7,10-11H2,1H3,(H,20,23). The van der Waals surface area contributed by atoms with Gasteiger partial charge in [-0.2, -0.15) is 5.10 Å². The van der Waals surface area contributed by atoms with E-state index in [1.54, 1.807) is 18.2 Å². The second-order valence-electron chi connectivity index (χ2n) is 6.55. The van der Waals surface area contributed by atoms with Gasteiger partial charge in [0.2, 0.25) is 0 Å². The van der Waals surface area contributed by atoms with Crippen molar-refractivity contribution in [2.45, 2.75) is 32.4 Å². The van der Waals surface area contributed by atoms with Gasteiger partial charge in [-0.1, -0.05) is 6.07 Å². The molecule has 1 N–H and O–H groups in total. The zero-order valence-electron chi connectivity index (χ0n) is 14.1. The number of fused-ring (bicyclic) bond motifs is 1. The van der Waals surface area contributed by atoms with Crippen LogP contribution >= 0.6 is 0 Å². The first-order valence-corrected chi connectivity index (χ1v) is 8.47. The number of benzene rings is 1. The predicted octanol–water partition coefficient (Wildman–Crippen LogP) is 1.83. The Labute approximate surface area is 145 Å². The molecule has 2 amide bonds. The number of aryl methyl sites for hydroxylation is 1. The van der Waals surface area contributed by atoms with Crippen LogP contribution in [0.15, 0.2) is 30.6 Å². The fourth-order valence-corrected chi connectivity index (χ4v) is 3.51. The summed E-state index contributed by atoms with van der Waals surface area (Å²) in [6, 6.07) is 5.38. The average molecular weight is 340 g/mol. The Balaban J connectivity index is 1.58. The summed E-state index contributed by atoms with van der Waals surface area (Å²) < 4.78 is 7.42. The molecule has 1 aromatic heterocycles. The molecule has 4 rings (SSSR count). The summed E-state index contributed by atoms with van der Waals surface area (Å²) in [5.74, 6) is 0.206. The number of hydrogen-bond donors (Lipinski definition) is 1. The maximum absolute atomic E-state index is 13.1. The van der Waals surface area contributed by atoms with Crippen LogP contribution in [0, 0.1) is 6.92 Å². The molecule has 1 atom stereocenters. The quantitative estimate of drug-likeness (QED) is 0.925. The molecule has 7 nitrogen and oxygen atoms in total. The Kier molecular flexibility index (Phi) is 3.91. The zero-order chi connectivity index (χ0) is 17.4. The number of para-hydroxylation sites is 1. The molecule has 2 aromatic rings. The number of nitrogens with one attached hydrogen (secondary N) is 1. The van der Waals surface area contributed by atoms with Crippen molar-refractivity contribution < 1.29 is 14.3 Å². The van der Waals surface area contributed by atoms with Gasteiger partial charge in [-0.15, -0.1) is 0 Å². The topological polar surface area (TPSA) is 76.5 Å². The van der Waals surface area contributed by atoms with E-state index in [9.17, 15) is 9.59 Å². The molecular weight excluding hydrogens is 320 g/mol. The van der Waals surface area contributed by atoms with Crippen molar-refractivity contribution in [3.05, 3.63) is 41.7 Å². The summed E-state index contributed by atoms with van der Waals surface area (Å²) in [4.78, 5) is 26.5. The predicted molar refractivity (Wildman–Crippen MR) is 91.6 cm³/mol. The first-order valence-electron chi connectivity index (χ1n) is 8.47. The Hall–Kier alpha value is -2.83. The summed E-state index contributed by atoms with van der Waals surface area (Å²) in [7, 11) is 0. The van der Waals surface area contributed by atoms with Gasteiger partial charge in [0.15, 0.2) is 12.4 Å². The molecule has 0 spiro atoms. The van der Waals surface area contributed by atoms with Gasteiger partial charge in [-0.25, -0.2) is 0 Å². The van der Waals surface area contributed by atoms with Crippen molar-refractivity contribution in [2.24, 2.45) is 0 Å². The maximum atomic E-state index is 13.1. The number of nitrogens with zero attached hydrogens (tertiary/aromatic N) is 3. The number of carbonyl (C=O) groups is 2. The second-order valence-corrected chi connectivity index (χ2v) is 6.55. The molecule has 2 aliphatic rings.